The summed E-state index contributed by atoms with van der Waals surface area (Å²) in [5.41, 5.74) is 5.35. The molecule has 4 rings (SSSR count). The standard InChI is InChI=1S/C19H17NO2/c1-22-14-9-8-13-5-4-10-20-18-7-3-2-6-15(18)17(12-21)19(20)16(13)11-14/h2-3,6-9,11-12H,4-5,10H2,1H3. The van der Waals surface area contributed by atoms with Gasteiger partial charge in [0, 0.05) is 28.6 Å². The van der Waals surface area contributed by atoms with Crippen LogP contribution >= 0.6 is 0 Å². The molecule has 1 aliphatic heterocycles. The lowest BCUT2D eigenvalue weighted by Crippen LogP contribution is -1.98. The Morgan fingerprint density at radius 3 is 2.86 bits per heavy atom. The first-order chi connectivity index (χ1) is 10.8. The molecule has 1 aliphatic rings. The average molecular weight is 291 g/mol. The first kappa shape index (κ1) is 13.1. The van der Waals surface area contributed by atoms with Crippen molar-refractivity contribution in [3.05, 3.63) is 53.6 Å². The van der Waals surface area contributed by atoms with Gasteiger partial charge in [0.25, 0.3) is 0 Å². The average Bonchev–Trinajstić information content (AvgIpc) is 2.76. The first-order valence-corrected chi connectivity index (χ1v) is 7.57. The highest BCUT2D eigenvalue weighted by Gasteiger charge is 2.22. The summed E-state index contributed by atoms with van der Waals surface area (Å²) in [5.74, 6) is 0.828. The number of carbonyl (C=O) groups excluding carboxylic acids is 1. The number of hydrogen-bond acceptors (Lipinski definition) is 2. The van der Waals surface area contributed by atoms with E-state index >= 15 is 0 Å². The Bertz CT molecular complexity index is 877. The number of hydrogen-bond donors (Lipinski definition) is 0. The van der Waals surface area contributed by atoms with Gasteiger partial charge in [-0.05, 0) is 36.6 Å². The highest BCUT2D eigenvalue weighted by atomic mass is 16.5. The van der Waals surface area contributed by atoms with E-state index in [0.717, 1.165) is 59.1 Å². The van der Waals surface area contributed by atoms with Gasteiger partial charge in [-0.1, -0.05) is 24.3 Å². The predicted molar refractivity (Wildman–Crippen MR) is 87.6 cm³/mol. The maximum Gasteiger partial charge on any atom is 0.152 e. The second-order valence-corrected chi connectivity index (χ2v) is 5.68. The van der Waals surface area contributed by atoms with Gasteiger partial charge in [0.1, 0.15) is 5.75 Å². The number of carbonyl (C=O) groups is 1. The van der Waals surface area contributed by atoms with E-state index in [-0.39, 0.29) is 0 Å². The highest BCUT2D eigenvalue weighted by molar-refractivity contribution is 6.05. The minimum Gasteiger partial charge on any atom is -0.497 e. The summed E-state index contributed by atoms with van der Waals surface area (Å²) in [4.78, 5) is 11.8. The van der Waals surface area contributed by atoms with E-state index in [0.29, 0.717) is 0 Å². The number of rotatable bonds is 2. The topological polar surface area (TPSA) is 31.2 Å². The van der Waals surface area contributed by atoms with Gasteiger partial charge in [-0.25, -0.2) is 0 Å². The van der Waals surface area contributed by atoms with Crippen LogP contribution in [-0.4, -0.2) is 18.0 Å². The summed E-state index contributed by atoms with van der Waals surface area (Å²) in [5, 5.41) is 1.03. The fraction of sp³-hybridized carbons (Fsp3) is 0.211. The first-order valence-electron chi connectivity index (χ1n) is 7.57. The highest BCUT2D eigenvalue weighted by Crippen LogP contribution is 2.38. The molecule has 1 aromatic heterocycles. The van der Waals surface area contributed by atoms with Gasteiger partial charge < -0.3 is 9.30 Å². The van der Waals surface area contributed by atoms with Gasteiger partial charge in [0.2, 0.25) is 0 Å². The van der Waals surface area contributed by atoms with Crippen LogP contribution < -0.4 is 4.74 Å². The van der Waals surface area contributed by atoms with Crippen molar-refractivity contribution in [2.75, 3.05) is 7.11 Å². The van der Waals surface area contributed by atoms with Crippen LogP contribution in [0.15, 0.2) is 42.5 Å². The van der Waals surface area contributed by atoms with E-state index < -0.39 is 0 Å². The molecule has 0 aliphatic carbocycles. The van der Waals surface area contributed by atoms with Crippen molar-refractivity contribution in [1.29, 1.82) is 0 Å². The van der Waals surface area contributed by atoms with Gasteiger partial charge in [0.15, 0.2) is 6.29 Å². The Morgan fingerprint density at radius 1 is 1.18 bits per heavy atom. The van der Waals surface area contributed by atoms with Crippen molar-refractivity contribution < 1.29 is 9.53 Å². The van der Waals surface area contributed by atoms with Crippen molar-refractivity contribution in [3.63, 3.8) is 0 Å². The molecule has 0 saturated heterocycles. The summed E-state index contributed by atoms with van der Waals surface area (Å²) in [6.45, 7) is 0.931. The zero-order valence-electron chi connectivity index (χ0n) is 12.5. The van der Waals surface area contributed by atoms with Crippen molar-refractivity contribution in [3.8, 4) is 17.0 Å². The van der Waals surface area contributed by atoms with Crippen molar-refractivity contribution in [2.24, 2.45) is 0 Å². The second-order valence-electron chi connectivity index (χ2n) is 5.68. The van der Waals surface area contributed by atoms with Gasteiger partial charge in [0.05, 0.1) is 12.8 Å². The van der Waals surface area contributed by atoms with Crippen LogP contribution in [-0.2, 0) is 13.0 Å². The van der Waals surface area contributed by atoms with E-state index in [2.05, 4.69) is 22.8 Å². The third-order valence-electron chi connectivity index (χ3n) is 4.53. The molecule has 110 valence electrons. The summed E-state index contributed by atoms with van der Waals surface area (Å²) in [6, 6.07) is 14.3. The number of aldehydes is 1. The van der Waals surface area contributed by atoms with Gasteiger partial charge in [-0.2, -0.15) is 0 Å². The van der Waals surface area contributed by atoms with Crippen LogP contribution in [0.1, 0.15) is 22.3 Å². The number of methoxy groups -OCH3 is 1. The molecule has 0 bridgehead atoms. The quantitative estimate of drug-likeness (QED) is 0.666. The number of aryl methyl sites for hydroxylation is 2. The van der Waals surface area contributed by atoms with E-state index in [1.54, 1.807) is 7.11 Å². The van der Waals surface area contributed by atoms with Gasteiger partial charge in [-0.15, -0.1) is 0 Å². The monoisotopic (exact) mass is 291 g/mol. The lowest BCUT2D eigenvalue weighted by molar-refractivity contribution is 0.112. The third-order valence-corrected chi connectivity index (χ3v) is 4.53. The molecule has 0 N–H and O–H groups in total. The van der Waals surface area contributed by atoms with Crippen LogP contribution in [0.4, 0.5) is 0 Å². The molecule has 0 amide bonds. The van der Waals surface area contributed by atoms with Gasteiger partial charge >= 0.3 is 0 Å². The summed E-state index contributed by atoms with van der Waals surface area (Å²) >= 11 is 0. The van der Waals surface area contributed by atoms with Crippen LogP contribution in [0.3, 0.4) is 0 Å². The summed E-state index contributed by atoms with van der Waals surface area (Å²) in [7, 11) is 1.68. The molecular formula is C19H17NO2. The number of ether oxygens (including phenoxy) is 1. The Balaban J connectivity index is 2.13. The van der Waals surface area contributed by atoms with Crippen LogP contribution in [0.2, 0.25) is 0 Å². The summed E-state index contributed by atoms with van der Waals surface area (Å²) < 4.78 is 7.67. The molecule has 0 fully saturated rings. The Kier molecular flexibility index (Phi) is 3.00. The Labute approximate surface area is 129 Å². The Morgan fingerprint density at radius 2 is 2.05 bits per heavy atom. The zero-order valence-corrected chi connectivity index (χ0v) is 12.5. The number of nitrogens with zero attached hydrogens (tertiary/aromatic N) is 1. The Hall–Kier alpha value is -2.55. The van der Waals surface area contributed by atoms with Crippen molar-refractivity contribution >= 4 is 17.2 Å². The molecule has 3 heteroatoms. The smallest absolute Gasteiger partial charge is 0.152 e. The van der Waals surface area contributed by atoms with E-state index in [1.165, 1.54) is 5.56 Å². The second kappa shape index (κ2) is 5.02. The number of aromatic nitrogens is 1. The predicted octanol–water partition coefficient (Wildman–Crippen LogP) is 4.08. The summed E-state index contributed by atoms with van der Waals surface area (Å²) in [6.07, 6.45) is 3.08. The molecule has 3 nitrogen and oxygen atoms in total. The number of para-hydroxylation sites is 1. The fourth-order valence-corrected chi connectivity index (χ4v) is 3.52. The van der Waals surface area contributed by atoms with Gasteiger partial charge in [-0.3, -0.25) is 4.79 Å². The molecule has 0 atom stereocenters. The normalized spacial score (nSPS) is 13.3. The van der Waals surface area contributed by atoms with Crippen LogP contribution in [0, 0.1) is 0 Å². The minimum atomic E-state index is 0.784. The number of fused-ring (bicyclic) bond motifs is 5. The van der Waals surface area contributed by atoms with Crippen LogP contribution in [0.5, 0.6) is 5.75 Å². The fourth-order valence-electron chi connectivity index (χ4n) is 3.52. The molecule has 2 aromatic carbocycles. The van der Waals surface area contributed by atoms with Crippen molar-refractivity contribution in [1.82, 2.24) is 4.57 Å². The minimum absolute atomic E-state index is 0.784. The third kappa shape index (κ3) is 1.78. The lowest BCUT2D eigenvalue weighted by Gasteiger charge is -2.11. The SMILES string of the molecule is COc1ccc2c(c1)-c1c(C=O)c3ccccc3n1CCC2. The van der Waals surface area contributed by atoms with E-state index in [4.69, 9.17) is 4.74 Å². The molecule has 0 saturated carbocycles. The van der Waals surface area contributed by atoms with Crippen LogP contribution in [0.25, 0.3) is 22.2 Å². The maximum atomic E-state index is 11.8. The molecule has 2 heterocycles. The van der Waals surface area contributed by atoms with E-state index in [1.807, 2.05) is 24.3 Å². The lowest BCUT2D eigenvalue weighted by atomic mass is 9.98. The van der Waals surface area contributed by atoms with Crippen molar-refractivity contribution in [2.45, 2.75) is 19.4 Å². The maximum absolute atomic E-state index is 11.8. The zero-order chi connectivity index (χ0) is 15.1. The molecule has 3 aromatic rings. The number of benzene rings is 2. The largest absolute Gasteiger partial charge is 0.497 e. The van der Waals surface area contributed by atoms with E-state index in [9.17, 15) is 4.79 Å². The molecule has 0 unspecified atom stereocenters. The molecular weight excluding hydrogens is 274 g/mol. The molecule has 22 heavy (non-hydrogen) atoms. The molecule has 0 radical (unpaired) electrons. The molecule has 0 spiro atoms.